The number of H-pyrrole nitrogens is 1. The molecule has 0 aliphatic carbocycles. The molecule has 1 heterocycles. The number of aromatic amines is 1. The fourth-order valence-electron chi connectivity index (χ4n) is 1.53. The molecule has 0 bridgehead atoms. The highest BCUT2D eigenvalue weighted by Gasteiger charge is 2.22. The quantitative estimate of drug-likeness (QED) is 0.590. The molecule has 2 N–H and O–H groups in total. The summed E-state index contributed by atoms with van der Waals surface area (Å²) in [4.78, 5) is 24.7. The molecule has 82 valence electrons. The summed E-state index contributed by atoms with van der Waals surface area (Å²) in [6.07, 6.45) is 1.38. The van der Waals surface area contributed by atoms with Crippen molar-refractivity contribution < 1.29 is 14.7 Å². The minimum absolute atomic E-state index is 0.0843. The summed E-state index contributed by atoms with van der Waals surface area (Å²) >= 11 is 0. The maximum absolute atomic E-state index is 11.2. The Morgan fingerprint density at radius 3 is 2.53 bits per heavy atom. The van der Waals surface area contributed by atoms with E-state index < -0.39 is 0 Å². The highest BCUT2D eigenvalue weighted by atomic mass is 16.3. The van der Waals surface area contributed by atoms with Crippen LogP contribution in [0.2, 0.25) is 0 Å². The van der Waals surface area contributed by atoms with Crippen molar-refractivity contribution in [3.63, 3.8) is 0 Å². The molecule has 0 saturated heterocycles. The van der Waals surface area contributed by atoms with Gasteiger partial charge in [-0.2, -0.15) is 0 Å². The first kappa shape index (κ1) is 11.5. The lowest BCUT2D eigenvalue weighted by atomic mass is 10.0. The minimum Gasteiger partial charge on any atom is -0.505 e. The van der Waals surface area contributed by atoms with Crippen molar-refractivity contribution in [3.8, 4) is 5.75 Å². The zero-order valence-corrected chi connectivity index (χ0v) is 9.13. The predicted molar refractivity (Wildman–Crippen MR) is 56.6 cm³/mol. The summed E-state index contributed by atoms with van der Waals surface area (Å²) in [5.74, 6) is -0.295. The third-order valence-electron chi connectivity index (χ3n) is 2.61. The Balaban J connectivity index is 3.34. The molecule has 1 aromatic heterocycles. The van der Waals surface area contributed by atoms with Gasteiger partial charge in [0.2, 0.25) is 0 Å². The van der Waals surface area contributed by atoms with E-state index in [9.17, 15) is 14.7 Å². The van der Waals surface area contributed by atoms with E-state index in [1.54, 1.807) is 0 Å². The van der Waals surface area contributed by atoms with Crippen molar-refractivity contribution in [1.29, 1.82) is 0 Å². The van der Waals surface area contributed by atoms with Crippen LogP contribution in [-0.4, -0.2) is 22.2 Å². The number of carbonyl (C=O) groups excluding carboxylic acids is 2. The van der Waals surface area contributed by atoms with Crippen molar-refractivity contribution in [3.05, 3.63) is 17.0 Å². The number of ketones is 1. The summed E-state index contributed by atoms with van der Waals surface area (Å²) in [6.45, 7) is 5.22. The molecule has 0 aliphatic heterocycles. The smallest absolute Gasteiger partial charge is 0.167 e. The standard InChI is InChI=1S/C11H15NO3/c1-4-6(2)10-11(15)9(7(3)14)8(5-13)12-10/h5-6,12,15H,4H2,1-3H3. The van der Waals surface area contributed by atoms with Gasteiger partial charge in [0.05, 0.1) is 17.0 Å². The summed E-state index contributed by atoms with van der Waals surface area (Å²) in [5.41, 5.74) is 0.820. The lowest BCUT2D eigenvalue weighted by molar-refractivity contribution is 0.100. The molecular weight excluding hydrogens is 194 g/mol. The van der Waals surface area contributed by atoms with Crippen LogP contribution in [-0.2, 0) is 0 Å². The number of carbonyl (C=O) groups is 2. The van der Waals surface area contributed by atoms with Crippen molar-refractivity contribution in [2.24, 2.45) is 0 Å². The number of nitrogens with one attached hydrogen (secondary N) is 1. The predicted octanol–water partition coefficient (Wildman–Crippen LogP) is 2.25. The number of Topliss-reactive ketones (excluding diaryl/α,β-unsaturated/α-hetero) is 1. The van der Waals surface area contributed by atoms with Gasteiger partial charge in [-0.15, -0.1) is 0 Å². The molecule has 0 radical (unpaired) electrons. The molecule has 1 unspecified atom stereocenters. The topological polar surface area (TPSA) is 70.2 Å². The lowest BCUT2D eigenvalue weighted by Crippen LogP contribution is -1.95. The van der Waals surface area contributed by atoms with Crippen LogP contribution >= 0.6 is 0 Å². The second kappa shape index (κ2) is 4.29. The largest absolute Gasteiger partial charge is 0.505 e. The third-order valence-corrected chi connectivity index (χ3v) is 2.61. The summed E-state index contributed by atoms with van der Waals surface area (Å²) in [6, 6.07) is 0. The maximum Gasteiger partial charge on any atom is 0.167 e. The highest BCUT2D eigenvalue weighted by Crippen LogP contribution is 2.32. The molecule has 1 atom stereocenters. The Morgan fingerprint density at radius 1 is 1.60 bits per heavy atom. The molecular formula is C11H15NO3. The van der Waals surface area contributed by atoms with Crippen molar-refractivity contribution in [1.82, 2.24) is 4.98 Å². The van der Waals surface area contributed by atoms with Crippen LogP contribution in [0.1, 0.15) is 59.7 Å². The summed E-state index contributed by atoms with van der Waals surface area (Å²) in [7, 11) is 0. The van der Waals surface area contributed by atoms with Crippen molar-refractivity contribution in [2.45, 2.75) is 33.1 Å². The zero-order valence-electron chi connectivity index (χ0n) is 9.13. The number of hydrogen-bond acceptors (Lipinski definition) is 3. The summed E-state index contributed by atoms with van der Waals surface area (Å²) < 4.78 is 0. The van der Waals surface area contributed by atoms with Gasteiger partial charge in [-0.1, -0.05) is 13.8 Å². The van der Waals surface area contributed by atoms with Gasteiger partial charge in [-0.3, -0.25) is 9.59 Å². The van der Waals surface area contributed by atoms with Crippen molar-refractivity contribution in [2.75, 3.05) is 0 Å². The van der Waals surface area contributed by atoms with Gasteiger partial charge in [-0.25, -0.2) is 0 Å². The van der Waals surface area contributed by atoms with Crippen LogP contribution in [0.4, 0.5) is 0 Å². The van der Waals surface area contributed by atoms with Gasteiger partial charge in [0.15, 0.2) is 12.1 Å². The van der Waals surface area contributed by atoms with E-state index in [4.69, 9.17) is 0 Å². The fourth-order valence-corrected chi connectivity index (χ4v) is 1.53. The highest BCUT2D eigenvalue weighted by molar-refractivity contribution is 6.03. The number of rotatable bonds is 4. The monoisotopic (exact) mass is 209 g/mol. The first-order valence-corrected chi connectivity index (χ1v) is 4.93. The number of hydrogen-bond donors (Lipinski definition) is 2. The first-order valence-electron chi connectivity index (χ1n) is 4.93. The number of aromatic hydroxyl groups is 1. The van der Waals surface area contributed by atoms with E-state index in [-0.39, 0.29) is 28.7 Å². The van der Waals surface area contributed by atoms with Crippen LogP contribution in [0.25, 0.3) is 0 Å². The average Bonchev–Trinajstić information content (AvgIpc) is 2.54. The minimum atomic E-state index is -0.305. The van der Waals surface area contributed by atoms with E-state index in [2.05, 4.69) is 4.98 Å². The van der Waals surface area contributed by atoms with Crippen LogP contribution < -0.4 is 0 Å². The van der Waals surface area contributed by atoms with Crippen LogP contribution in [0.5, 0.6) is 5.75 Å². The Labute approximate surface area is 88.3 Å². The van der Waals surface area contributed by atoms with Gasteiger partial charge < -0.3 is 10.1 Å². The van der Waals surface area contributed by atoms with Crippen molar-refractivity contribution >= 4 is 12.1 Å². The van der Waals surface area contributed by atoms with E-state index in [0.29, 0.717) is 12.0 Å². The number of aromatic nitrogens is 1. The number of aldehydes is 1. The third kappa shape index (κ3) is 1.93. The molecule has 0 saturated carbocycles. The van der Waals surface area contributed by atoms with Crippen LogP contribution in [0, 0.1) is 0 Å². The van der Waals surface area contributed by atoms with E-state index in [0.717, 1.165) is 6.42 Å². The van der Waals surface area contributed by atoms with E-state index in [1.807, 2.05) is 13.8 Å². The molecule has 1 aromatic rings. The van der Waals surface area contributed by atoms with Gasteiger partial charge in [0.25, 0.3) is 0 Å². The second-order valence-corrected chi connectivity index (χ2v) is 3.66. The Morgan fingerprint density at radius 2 is 2.20 bits per heavy atom. The summed E-state index contributed by atoms with van der Waals surface area (Å²) in [5, 5.41) is 9.80. The molecule has 15 heavy (non-hydrogen) atoms. The Bertz CT molecular complexity index is 393. The van der Waals surface area contributed by atoms with Gasteiger partial charge in [-0.05, 0) is 19.3 Å². The molecule has 0 aromatic carbocycles. The molecule has 0 fully saturated rings. The fraction of sp³-hybridized carbons (Fsp3) is 0.455. The van der Waals surface area contributed by atoms with Crippen LogP contribution in [0.15, 0.2) is 0 Å². The molecule has 0 amide bonds. The maximum atomic E-state index is 11.2. The first-order chi connectivity index (χ1) is 7.02. The van der Waals surface area contributed by atoms with E-state index in [1.165, 1.54) is 6.92 Å². The van der Waals surface area contributed by atoms with Gasteiger partial charge >= 0.3 is 0 Å². The molecule has 0 spiro atoms. The molecule has 4 heteroatoms. The lowest BCUT2D eigenvalue weighted by Gasteiger charge is -2.06. The van der Waals surface area contributed by atoms with Crippen LogP contribution in [0.3, 0.4) is 0 Å². The van der Waals surface area contributed by atoms with Gasteiger partial charge in [0.1, 0.15) is 5.75 Å². The Kier molecular flexibility index (Phi) is 3.29. The molecule has 0 aliphatic rings. The average molecular weight is 209 g/mol. The molecule has 4 nitrogen and oxygen atoms in total. The second-order valence-electron chi connectivity index (χ2n) is 3.66. The zero-order chi connectivity index (χ0) is 11.6. The Hall–Kier alpha value is -1.58. The van der Waals surface area contributed by atoms with E-state index >= 15 is 0 Å². The SMILES string of the molecule is CCC(C)c1[nH]c(C=O)c(C(C)=O)c1O. The van der Waals surface area contributed by atoms with Gasteiger partial charge in [0, 0.05) is 0 Å². The normalized spacial score (nSPS) is 12.5. The molecule has 1 rings (SSSR count).